The minimum atomic E-state index is 0.347. The molecule has 3 unspecified atom stereocenters. The fourth-order valence-electron chi connectivity index (χ4n) is 3.13. The number of nitrogens with zero attached hydrogens (tertiary/aromatic N) is 1. The largest absolute Gasteiger partial charge is 0.385 e. The van der Waals surface area contributed by atoms with E-state index in [1.807, 2.05) is 0 Å². The van der Waals surface area contributed by atoms with Crippen LogP contribution in [0.5, 0.6) is 0 Å². The number of nitrogens with two attached hydrogens (primary N) is 1. The number of hydrogen-bond acceptors (Lipinski definition) is 3. The minimum absolute atomic E-state index is 0.347. The van der Waals surface area contributed by atoms with Gasteiger partial charge in [-0.3, -0.25) is 4.90 Å². The van der Waals surface area contributed by atoms with E-state index in [9.17, 15) is 0 Å². The van der Waals surface area contributed by atoms with Crippen LogP contribution in [0.1, 0.15) is 32.1 Å². The molecular weight excluding hydrogens is 188 g/mol. The summed E-state index contributed by atoms with van der Waals surface area (Å²) in [6.45, 7) is 3.26. The highest BCUT2D eigenvalue weighted by Gasteiger charge is 2.37. The van der Waals surface area contributed by atoms with Crippen molar-refractivity contribution in [1.82, 2.24) is 4.90 Å². The van der Waals surface area contributed by atoms with Crippen molar-refractivity contribution in [2.45, 2.75) is 44.2 Å². The maximum Gasteiger partial charge on any atom is 0.0462 e. The Morgan fingerprint density at radius 2 is 2.33 bits per heavy atom. The highest BCUT2D eigenvalue weighted by atomic mass is 16.5. The molecule has 1 saturated carbocycles. The fourth-order valence-corrected chi connectivity index (χ4v) is 3.13. The van der Waals surface area contributed by atoms with Gasteiger partial charge in [-0.15, -0.1) is 0 Å². The topological polar surface area (TPSA) is 38.5 Å². The van der Waals surface area contributed by atoms with Crippen molar-refractivity contribution in [3.63, 3.8) is 0 Å². The van der Waals surface area contributed by atoms with E-state index in [0.717, 1.165) is 38.0 Å². The molecule has 1 heterocycles. The summed E-state index contributed by atoms with van der Waals surface area (Å²) < 4.78 is 5.04. The summed E-state index contributed by atoms with van der Waals surface area (Å²) in [6.07, 6.45) is 6.50. The predicted octanol–water partition coefficient (Wildman–Crippen LogP) is 1.22. The van der Waals surface area contributed by atoms with Crippen LogP contribution in [-0.2, 0) is 4.74 Å². The van der Waals surface area contributed by atoms with Crippen molar-refractivity contribution in [2.24, 2.45) is 11.7 Å². The van der Waals surface area contributed by atoms with Crippen LogP contribution in [-0.4, -0.2) is 43.8 Å². The maximum absolute atomic E-state index is 6.13. The summed E-state index contributed by atoms with van der Waals surface area (Å²) in [5.41, 5.74) is 6.13. The molecule has 1 aliphatic carbocycles. The summed E-state index contributed by atoms with van der Waals surface area (Å²) in [4.78, 5) is 2.62. The highest BCUT2D eigenvalue weighted by molar-refractivity contribution is 4.93. The molecular formula is C12H24N2O. The number of methoxy groups -OCH3 is 1. The molecule has 0 radical (unpaired) electrons. The zero-order valence-corrected chi connectivity index (χ0v) is 9.82. The molecule has 2 rings (SSSR count). The lowest BCUT2D eigenvalue weighted by Gasteiger charge is -2.29. The lowest BCUT2D eigenvalue weighted by Crippen LogP contribution is -2.41. The molecule has 3 atom stereocenters. The van der Waals surface area contributed by atoms with E-state index in [0.29, 0.717) is 6.04 Å². The first kappa shape index (κ1) is 11.4. The molecule has 1 saturated heterocycles. The second-order valence-electron chi connectivity index (χ2n) is 5.18. The van der Waals surface area contributed by atoms with Gasteiger partial charge in [-0.05, 0) is 38.0 Å². The Morgan fingerprint density at radius 1 is 1.47 bits per heavy atom. The van der Waals surface area contributed by atoms with Gasteiger partial charge in [0.2, 0.25) is 0 Å². The van der Waals surface area contributed by atoms with Crippen molar-refractivity contribution < 1.29 is 4.74 Å². The monoisotopic (exact) mass is 212 g/mol. The van der Waals surface area contributed by atoms with Gasteiger partial charge in [-0.25, -0.2) is 0 Å². The molecule has 3 nitrogen and oxygen atoms in total. The highest BCUT2D eigenvalue weighted by Crippen LogP contribution is 2.37. The average molecular weight is 212 g/mol. The Balaban J connectivity index is 1.64. The molecule has 0 aromatic heterocycles. The van der Waals surface area contributed by atoms with E-state index in [2.05, 4.69) is 4.90 Å². The number of piperidine rings is 1. The van der Waals surface area contributed by atoms with E-state index >= 15 is 0 Å². The van der Waals surface area contributed by atoms with Gasteiger partial charge in [-0.1, -0.05) is 0 Å². The van der Waals surface area contributed by atoms with E-state index < -0.39 is 0 Å². The van der Waals surface area contributed by atoms with Crippen molar-refractivity contribution in [1.29, 1.82) is 0 Å². The van der Waals surface area contributed by atoms with Crippen LogP contribution in [0, 0.1) is 5.92 Å². The van der Waals surface area contributed by atoms with Crippen LogP contribution in [0.15, 0.2) is 0 Å². The van der Waals surface area contributed by atoms with Gasteiger partial charge in [-0.2, -0.15) is 0 Å². The van der Waals surface area contributed by atoms with Crippen LogP contribution in [0.4, 0.5) is 0 Å². The second kappa shape index (κ2) is 5.28. The Hall–Kier alpha value is -0.120. The van der Waals surface area contributed by atoms with Crippen LogP contribution in [0.2, 0.25) is 0 Å². The van der Waals surface area contributed by atoms with Gasteiger partial charge < -0.3 is 10.5 Å². The Morgan fingerprint density at radius 3 is 2.93 bits per heavy atom. The molecule has 15 heavy (non-hydrogen) atoms. The van der Waals surface area contributed by atoms with Crippen LogP contribution in [0.3, 0.4) is 0 Å². The van der Waals surface area contributed by atoms with E-state index in [1.54, 1.807) is 7.11 Å². The SMILES string of the molecule is COCCCC(N)CN1CC2CCC1C2. The molecule has 2 bridgehead atoms. The average Bonchev–Trinajstić information content (AvgIpc) is 2.79. The lowest BCUT2D eigenvalue weighted by molar-refractivity contribution is 0.175. The third-order valence-electron chi connectivity index (χ3n) is 3.92. The van der Waals surface area contributed by atoms with Gasteiger partial charge in [0, 0.05) is 38.9 Å². The van der Waals surface area contributed by atoms with Gasteiger partial charge in [0.05, 0.1) is 0 Å². The second-order valence-corrected chi connectivity index (χ2v) is 5.18. The third-order valence-corrected chi connectivity index (χ3v) is 3.92. The Bertz CT molecular complexity index is 198. The molecule has 2 N–H and O–H groups in total. The van der Waals surface area contributed by atoms with E-state index in [-0.39, 0.29) is 0 Å². The quantitative estimate of drug-likeness (QED) is 0.673. The fraction of sp³-hybridized carbons (Fsp3) is 1.00. The van der Waals surface area contributed by atoms with Crippen LogP contribution < -0.4 is 5.73 Å². The first-order chi connectivity index (χ1) is 7.29. The van der Waals surface area contributed by atoms with Crippen LogP contribution >= 0.6 is 0 Å². The number of ether oxygens (including phenoxy) is 1. The summed E-state index contributed by atoms with van der Waals surface area (Å²) in [7, 11) is 1.75. The molecule has 2 fully saturated rings. The van der Waals surface area contributed by atoms with Gasteiger partial charge >= 0.3 is 0 Å². The van der Waals surface area contributed by atoms with Crippen molar-refractivity contribution >= 4 is 0 Å². The van der Waals surface area contributed by atoms with E-state index in [1.165, 1.54) is 25.8 Å². The lowest BCUT2D eigenvalue weighted by atomic mass is 10.1. The summed E-state index contributed by atoms with van der Waals surface area (Å²) in [5, 5.41) is 0. The standard InChI is InChI=1S/C12H24N2O/c1-15-6-2-3-11(13)9-14-8-10-4-5-12(14)7-10/h10-12H,2-9,13H2,1H3. The summed E-state index contributed by atoms with van der Waals surface area (Å²) in [5.74, 6) is 0.987. The normalized spacial score (nSPS) is 32.4. The van der Waals surface area contributed by atoms with Crippen molar-refractivity contribution in [3.05, 3.63) is 0 Å². The van der Waals surface area contributed by atoms with Gasteiger partial charge in [0.1, 0.15) is 0 Å². The molecule has 3 heteroatoms. The predicted molar refractivity (Wildman–Crippen MR) is 61.8 cm³/mol. The molecule has 0 amide bonds. The summed E-state index contributed by atoms with van der Waals surface area (Å²) in [6, 6.07) is 1.21. The Labute approximate surface area is 93.0 Å². The van der Waals surface area contributed by atoms with Gasteiger partial charge in [0.25, 0.3) is 0 Å². The number of rotatable bonds is 6. The zero-order chi connectivity index (χ0) is 10.7. The minimum Gasteiger partial charge on any atom is -0.385 e. The number of hydrogen-bond donors (Lipinski definition) is 1. The molecule has 0 aromatic carbocycles. The smallest absolute Gasteiger partial charge is 0.0462 e. The first-order valence-electron chi connectivity index (χ1n) is 6.28. The van der Waals surface area contributed by atoms with Gasteiger partial charge in [0.15, 0.2) is 0 Å². The molecule has 2 aliphatic rings. The van der Waals surface area contributed by atoms with Crippen molar-refractivity contribution in [2.75, 3.05) is 26.8 Å². The number of fused-ring (bicyclic) bond motifs is 2. The molecule has 88 valence electrons. The molecule has 0 aromatic rings. The zero-order valence-electron chi connectivity index (χ0n) is 9.82. The first-order valence-corrected chi connectivity index (χ1v) is 6.28. The van der Waals surface area contributed by atoms with Crippen molar-refractivity contribution in [3.8, 4) is 0 Å². The molecule has 0 spiro atoms. The number of likely N-dealkylation sites (tertiary alicyclic amines) is 1. The van der Waals surface area contributed by atoms with Crippen LogP contribution in [0.25, 0.3) is 0 Å². The van der Waals surface area contributed by atoms with E-state index in [4.69, 9.17) is 10.5 Å². The third kappa shape index (κ3) is 2.92. The molecule has 1 aliphatic heterocycles. The maximum atomic E-state index is 6.13. The summed E-state index contributed by atoms with van der Waals surface area (Å²) >= 11 is 0. The Kier molecular flexibility index (Phi) is 4.00.